The first-order valence-corrected chi connectivity index (χ1v) is 5.67. The zero-order valence-electron chi connectivity index (χ0n) is 9.22. The average Bonchev–Trinajstić information content (AvgIpc) is 2.83. The minimum atomic E-state index is -0.869. The van der Waals surface area contributed by atoms with E-state index in [-0.39, 0.29) is 22.7 Å². The normalized spacial score (nSPS) is 24.0. The molecular weight excluding hydrogens is 246 g/mol. The Kier molecular flexibility index (Phi) is 3.11. The molecule has 1 saturated heterocycles. The monoisotopic (exact) mass is 257 g/mol. The van der Waals surface area contributed by atoms with Crippen molar-refractivity contribution in [1.29, 1.82) is 0 Å². The molecule has 0 radical (unpaired) electrons. The predicted octanol–water partition coefficient (Wildman–Crippen LogP) is 1.87. The fourth-order valence-electron chi connectivity index (χ4n) is 2.16. The summed E-state index contributed by atoms with van der Waals surface area (Å²) in [5.74, 6) is -1.66. The number of aliphatic carboxylic acids is 1. The number of likely N-dealkylation sites (tertiary alicyclic amines) is 1. The first kappa shape index (κ1) is 12.0. The molecule has 2 heterocycles. The lowest BCUT2D eigenvalue weighted by Gasteiger charge is -2.22. The van der Waals surface area contributed by atoms with Gasteiger partial charge in [0.1, 0.15) is 0 Å². The van der Waals surface area contributed by atoms with Gasteiger partial charge in [-0.25, -0.2) is 0 Å². The van der Waals surface area contributed by atoms with Crippen LogP contribution in [-0.4, -0.2) is 34.5 Å². The molecule has 0 aliphatic carbocycles. The Balaban J connectivity index is 2.18. The molecule has 0 spiro atoms. The summed E-state index contributed by atoms with van der Waals surface area (Å²) in [6.45, 7) is 2.16. The van der Waals surface area contributed by atoms with Crippen molar-refractivity contribution in [3.05, 3.63) is 23.1 Å². The maximum Gasteiger partial charge on any atom is 0.308 e. The van der Waals surface area contributed by atoms with Gasteiger partial charge in [0.05, 0.1) is 17.7 Å². The van der Waals surface area contributed by atoms with Gasteiger partial charge in [-0.2, -0.15) is 0 Å². The summed E-state index contributed by atoms with van der Waals surface area (Å²) < 4.78 is 4.86. The molecule has 1 aromatic rings. The summed E-state index contributed by atoms with van der Waals surface area (Å²) >= 11 is 5.73. The van der Waals surface area contributed by atoms with Gasteiger partial charge in [-0.05, 0) is 31.0 Å². The summed E-state index contributed by atoms with van der Waals surface area (Å²) in [7, 11) is 0. The van der Waals surface area contributed by atoms with Crippen LogP contribution in [0.25, 0.3) is 0 Å². The molecule has 17 heavy (non-hydrogen) atoms. The van der Waals surface area contributed by atoms with Crippen LogP contribution in [-0.2, 0) is 4.79 Å². The standard InChI is InChI=1S/C11H12ClNO4/c1-6-7(11(15)16)2-4-13(6)10(14)8-3-5-17-9(8)12/h3,5-7H,2,4H2,1H3,(H,15,16). The van der Waals surface area contributed by atoms with Gasteiger partial charge >= 0.3 is 5.97 Å². The Hall–Kier alpha value is -1.49. The van der Waals surface area contributed by atoms with Gasteiger partial charge in [0.2, 0.25) is 5.22 Å². The van der Waals surface area contributed by atoms with Crippen LogP contribution in [0.1, 0.15) is 23.7 Å². The van der Waals surface area contributed by atoms with E-state index in [4.69, 9.17) is 21.1 Å². The molecule has 1 amide bonds. The number of halogens is 1. The maximum absolute atomic E-state index is 12.1. The highest BCUT2D eigenvalue weighted by Crippen LogP contribution is 2.28. The number of amides is 1. The molecule has 5 nitrogen and oxygen atoms in total. The lowest BCUT2D eigenvalue weighted by Crippen LogP contribution is -2.37. The van der Waals surface area contributed by atoms with Gasteiger partial charge in [-0.15, -0.1) is 0 Å². The molecule has 0 aromatic carbocycles. The predicted molar refractivity (Wildman–Crippen MR) is 60.0 cm³/mol. The highest BCUT2D eigenvalue weighted by molar-refractivity contribution is 6.32. The smallest absolute Gasteiger partial charge is 0.308 e. The third kappa shape index (κ3) is 2.02. The van der Waals surface area contributed by atoms with Crippen molar-refractivity contribution < 1.29 is 19.1 Å². The summed E-state index contributed by atoms with van der Waals surface area (Å²) in [6, 6.07) is 1.16. The molecule has 6 heteroatoms. The van der Waals surface area contributed by atoms with Crippen LogP contribution < -0.4 is 0 Å². The Morgan fingerprint density at radius 3 is 2.76 bits per heavy atom. The van der Waals surface area contributed by atoms with Crippen molar-refractivity contribution >= 4 is 23.5 Å². The number of furan rings is 1. The first-order valence-electron chi connectivity index (χ1n) is 5.29. The van der Waals surface area contributed by atoms with Crippen molar-refractivity contribution in [1.82, 2.24) is 4.90 Å². The van der Waals surface area contributed by atoms with Gasteiger partial charge in [0.15, 0.2) is 0 Å². The van der Waals surface area contributed by atoms with E-state index in [1.54, 1.807) is 6.92 Å². The second-order valence-corrected chi connectivity index (χ2v) is 4.42. The third-order valence-electron chi connectivity index (χ3n) is 3.18. The van der Waals surface area contributed by atoms with E-state index in [1.165, 1.54) is 17.2 Å². The lowest BCUT2D eigenvalue weighted by atomic mass is 10.0. The Bertz CT molecular complexity index is 456. The van der Waals surface area contributed by atoms with Crippen LogP contribution in [0.5, 0.6) is 0 Å². The van der Waals surface area contributed by atoms with Crippen LogP contribution in [0, 0.1) is 5.92 Å². The summed E-state index contributed by atoms with van der Waals surface area (Å²) in [6.07, 6.45) is 1.81. The maximum atomic E-state index is 12.1. The largest absolute Gasteiger partial charge is 0.481 e. The first-order chi connectivity index (χ1) is 8.02. The van der Waals surface area contributed by atoms with Crippen LogP contribution in [0.2, 0.25) is 5.22 Å². The van der Waals surface area contributed by atoms with E-state index >= 15 is 0 Å². The number of carbonyl (C=O) groups excluding carboxylic acids is 1. The van der Waals surface area contributed by atoms with E-state index in [9.17, 15) is 9.59 Å². The Morgan fingerprint density at radius 2 is 2.29 bits per heavy atom. The van der Waals surface area contributed by atoms with Gasteiger partial charge in [0.25, 0.3) is 5.91 Å². The Morgan fingerprint density at radius 1 is 1.59 bits per heavy atom. The Labute approximate surface area is 103 Å². The number of carboxylic acids is 1. The minimum Gasteiger partial charge on any atom is -0.481 e. The van der Waals surface area contributed by atoms with Crippen LogP contribution in [0.15, 0.2) is 16.7 Å². The molecule has 92 valence electrons. The van der Waals surface area contributed by atoms with E-state index in [0.29, 0.717) is 13.0 Å². The number of nitrogens with zero attached hydrogens (tertiary/aromatic N) is 1. The van der Waals surface area contributed by atoms with Crippen molar-refractivity contribution in [2.45, 2.75) is 19.4 Å². The average molecular weight is 258 g/mol. The third-order valence-corrected chi connectivity index (χ3v) is 3.47. The highest BCUT2D eigenvalue weighted by Gasteiger charge is 2.39. The molecule has 2 unspecified atom stereocenters. The van der Waals surface area contributed by atoms with Gasteiger partial charge in [-0.3, -0.25) is 9.59 Å². The number of carboxylic acid groups (broad SMARTS) is 1. The molecular formula is C11H12ClNO4. The number of rotatable bonds is 2. The fraction of sp³-hybridized carbons (Fsp3) is 0.455. The van der Waals surface area contributed by atoms with Crippen molar-refractivity contribution in [3.8, 4) is 0 Å². The summed E-state index contributed by atoms with van der Waals surface area (Å²) in [4.78, 5) is 24.6. The van der Waals surface area contributed by atoms with Crippen LogP contribution >= 0.6 is 11.6 Å². The second kappa shape index (κ2) is 4.41. The van der Waals surface area contributed by atoms with E-state index in [0.717, 1.165) is 0 Å². The molecule has 1 N–H and O–H groups in total. The number of hydrogen-bond donors (Lipinski definition) is 1. The molecule has 1 aromatic heterocycles. The van der Waals surface area contributed by atoms with E-state index in [2.05, 4.69) is 0 Å². The van der Waals surface area contributed by atoms with Gasteiger partial charge in [-0.1, -0.05) is 0 Å². The quantitative estimate of drug-likeness (QED) is 0.878. The summed E-state index contributed by atoms with van der Waals surface area (Å²) in [5.41, 5.74) is 0.282. The molecule has 2 rings (SSSR count). The van der Waals surface area contributed by atoms with Gasteiger partial charge < -0.3 is 14.4 Å². The van der Waals surface area contributed by atoms with Crippen LogP contribution in [0.4, 0.5) is 0 Å². The van der Waals surface area contributed by atoms with Crippen molar-refractivity contribution in [2.75, 3.05) is 6.54 Å². The molecule has 1 fully saturated rings. The topological polar surface area (TPSA) is 70.8 Å². The minimum absolute atomic E-state index is 0.0426. The fourth-order valence-corrected chi connectivity index (χ4v) is 2.35. The summed E-state index contributed by atoms with van der Waals surface area (Å²) in [5, 5.41) is 9.03. The number of carbonyl (C=O) groups is 2. The SMILES string of the molecule is CC1C(C(=O)O)CCN1C(=O)c1ccoc1Cl. The van der Waals surface area contributed by atoms with Crippen LogP contribution in [0.3, 0.4) is 0 Å². The molecule has 1 aliphatic heterocycles. The molecule has 0 bridgehead atoms. The molecule has 2 atom stereocenters. The second-order valence-electron chi connectivity index (χ2n) is 4.08. The van der Waals surface area contributed by atoms with Gasteiger partial charge in [0, 0.05) is 12.6 Å². The lowest BCUT2D eigenvalue weighted by molar-refractivity contribution is -0.142. The number of hydrogen-bond acceptors (Lipinski definition) is 3. The highest BCUT2D eigenvalue weighted by atomic mass is 35.5. The van der Waals surface area contributed by atoms with E-state index < -0.39 is 11.9 Å². The zero-order chi connectivity index (χ0) is 12.6. The van der Waals surface area contributed by atoms with E-state index in [1.807, 2.05) is 0 Å². The van der Waals surface area contributed by atoms with Crippen molar-refractivity contribution in [3.63, 3.8) is 0 Å². The molecule has 0 saturated carbocycles. The molecule has 1 aliphatic rings. The zero-order valence-corrected chi connectivity index (χ0v) is 9.98. The van der Waals surface area contributed by atoms with Crippen molar-refractivity contribution in [2.24, 2.45) is 5.92 Å².